The van der Waals surface area contributed by atoms with Crippen molar-refractivity contribution in [3.63, 3.8) is 0 Å². The van der Waals surface area contributed by atoms with Crippen LogP contribution >= 0.6 is 0 Å². The van der Waals surface area contributed by atoms with Gasteiger partial charge in [-0.05, 0) is 19.3 Å². The molecule has 0 aliphatic carbocycles. The Morgan fingerprint density at radius 3 is 1.02 bits per heavy atom. The van der Waals surface area contributed by atoms with Crippen LogP contribution in [-0.2, 0) is 66.4 Å². The molecule has 1 saturated heterocycles. The molecule has 44 heavy (non-hydrogen) atoms. The third-order valence-corrected chi connectivity index (χ3v) is 5.61. The number of carbonyl (C=O) groups is 1. The third kappa shape index (κ3) is 32.3. The van der Waals surface area contributed by atoms with Crippen LogP contribution in [0, 0.1) is 0 Å². The lowest BCUT2D eigenvalue weighted by atomic mass is 10.2. The number of ether oxygens (including phenoxy) is 13. The predicted octanol–water partition coefficient (Wildman–Crippen LogP) is 0.797. The summed E-state index contributed by atoms with van der Waals surface area (Å²) in [6.45, 7) is 10.9. The number of hydrogen-bond acceptors (Lipinski definition) is 14. The van der Waals surface area contributed by atoms with Crippen molar-refractivity contribution in [2.24, 2.45) is 0 Å². The first-order valence-electron chi connectivity index (χ1n) is 15.6. The smallest absolute Gasteiger partial charge is 0.329 e. The summed E-state index contributed by atoms with van der Waals surface area (Å²) in [5.41, 5.74) is 0. The zero-order chi connectivity index (χ0) is 31.4. The van der Waals surface area contributed by atoms with Crippen LogP contribution < -0.4 is 0 Å². The predicted molar refractivity (Wildman–Crippen MR) is 156 cm³/mol. The summed E-state index contributed by atoms with van der Waals surface area (Å²) in [5, 5.41) is 8.42. The highest BCUT2D eigenvalue weighted by Gasteiger charge is 2.13. The molecule has 1 N–H and O–H groups in total. The van der Waals surface area contributed by atoms with Gasteiger partial charge in [-0.2, -0.15) is 0 Å². The van der Waals surface area contributed by atoms with Crippen molar-refractivity contribution in [1.82, 2.24) is 0 Å². The number of rotatable bonds is 36. The van der Waals surface area contributed by atoms with E-state index in [-0.39, 0.29) is 19.5 Å². The van der Waals surface area contributed by atoms with Crippen molar-refractivity contribution in [2.45, 2.75) is 25.6 Å². The van der Waals surface area contributed by atoms with E-state index in [1.807, 2.05) is 0 Å². The second kappa shape index (κ2) is 34.8. The Bertz CT molecular complexity index is 581. The van der Waals surface area contributed by atoms with Crippen LogP contribution in [0.3, 0.4) is 0 Å². The number of carboxylic acid groups (broad SMARTS) is 1. The number of hydrogen-bond donors (Lipinski definition) is 1. The second-order valence-corrected chi connectivity index (χ2v) is 9.24. The Kier molecular flexibility index (Phi) is 32.4. The first kappa shape index (κ1) is 41.0. The van der Waals surface area contributed by atoms with Gasteiger partial charge in [0.25, 0.3) is 0 Å². The lowest BCUT2D eigenvalue weighted by Crippen LogP contribution is -2.24. The minimum absolute atomic E-state index is 0.0704. The van der Waals surface area contributed by atoms with Gasteiger partial charge < -0.3 is 66.7 Å². The van der Waals surface area contributed by atoms with E-state index >= 15 is 0 Å². The van der Waals surface area contributed by atoms with Crippen LogP contribution in [0.5, 0.6) is 0 Å². The molecular formula is C29H56O15. The molecule has 0 aromatic rings. The minimum Gasteiger partial charge on any atom is -0.480 e. The summed E-state index contributed by atoms with van der Waals surface area (Å²) < 4.78 is 70.2. The van der Waals surface area contributed by atoms with Gasteiger partial charge in [-0.1, -0.05) is 0 Å². The van der Waals surface area contributed by atoms with Crippen molar-refractivity contribution in [2.75, 3.05) is 159 Å². The summed E-state index contributed by atoms with van der Waals surface area (Å²) in [6, 6.07) is 0. The Morgan fingerprint density at radius 2 is 0.750 bits per heavy atom. The van der Waals surface area contributed by atoms with Gasteiger partial charge >= 0.3 is 5.97 Å². The Morgan fingerprint density at radius 1 is 0.455 bits per heavy atom. The Hall–Kier alpha value is -1.05. The number of carboxylic acids is 1. The molecule has 0 spiro atoms. The molecule has 1 aliphatic heterocycles. The maximum Gasteiger partial charge on any atom is 0.329 e. The van der Waals surface area contributed by atoms with Crippen LogP contribution in [0.25, 0.3) is 0 Å². The monoisotopic (exact) mass is 644 g/mol. The van der Waals surface area contributed by atoms with E-state index in [4.69, 9.17) is 66.7 Å². The average Bonchev–Trinajstić information content (AvgIpc) is 3.03. The molecule has 0 aromatic carbocycles. The van der Waals surface area contributed by atoms with Gasteiger partial charge in [-0.25, -0.2) is 4.79 Å². The Labute approximate surface area is 261 Å². The standard InChI is InChI=1S/C29H56O15/c30-28(31)27-42-24-23-40-20-19-38-16-15-36-12-11-34-8-7-32-5-6-33-9-10-35-13-14-37-17-18-39-21-22-41-25-26-44-29-3-1-2-4-43-29/h29H,1-27H2,(H,30,31). The molecule has 0 radical (unpaired) electrons. The maximum absolute atomic E-state index is 10.3. The maximum atomic E-state index is 10.3. The summed E-state index contributed by atoms with van der Waals surface area (Å²) in [7, 11) is 0. The lowest BCUT2D eigenvalue weighted by molar-refractivity contribution is -0.169. The van der Waals surface area contributed by atoms with Gasteiger partial charge in [0.2, 0.25) is 0 Å². The van der Waals surface area contributed by atoms with E-state index in [9.17, 15) is 4.79 Å². The molecule has 15 nitrogen and oxygen atoms in total. The third-order valence-electron chi connectivity index (χ3n) is 5.61. The van der Waals surface area contributed by atoms with E-state index in [0.29, 0.717) is 139 Å². The largest absolute Gasteiger partial charge is 0.480 e. The van der Waals surface area contributed by atoms with Crippen molar-refractivity contribution in [1.29, 1.82) is 0 Å². The van der Waals surface area contributed by atoms with Gasteiger partial charge in [-0.15, -0.1) is 0 Å². The fourth-order valence-electron chi connectivity index (χ4n) is 3.44. The first-order valence-corrected chi connectivity index (χ1v) is 15.6. The molecule has 0 aromatic heterocycles. The topological polar surface area (TPSA) is 157 Å². The zero-order valence-corrected chi connectivity index (χ0v) is 26.3. The molecular weight excluding hydrogens is 588 g/mol. The van der Waals surface area contributed by atoms with Gasteiger partial charge in [0.15, 0.2) is 6.29 Å². The average molecular weight is 645 g/mol. The normalized spacial score (nSPS) is 15.2. The minimum atomic E-state index is -0.995. The lowest BCUT2D eigenvalue weighted by Gasteiger charge is -2.22. The van der Waals surface area contributed by atoms with Gasteiger partial charge in [0, 0.05) is 6.61 Å². The molecule has 0 bridgehead atoms. The molecule has 1 unspecified atom stereocenters. The summed E-state index contributed by atoms with van der Waals surface area (Å²) in [5.74, 6) is -0.995. The van der Waals surface area contributed by atoms with E-state index in [0.717, 1.165) is 25.9 Å². The van der Waals surface area contributed by atoms with Crippen molar-refractivity contribution >= 4 is 5.97 Å². The SMILES string of the molecule is O=C(O)COCCOCCOCCOCCOCCOCCOCCOCCOCCOCCOCCOC1CCCCO1. The van der Waals surface area contributed by atoms with Crippen LogP contribution in [-0.4, -0.2) is 176 Å². The molecule has 0 amide bonds. The highest BCUT2D eigenvalue weighted by Crippen LogP contribution is 2.13. The van der Waals surface area contributed by atoms with E-state index in [2.05, 4.69) is 0 Å². The van der Waals surface area contributed by atoms with Crippen molar-refractivity contribution in [3.05, 3.63) is 0 Å². The summed E-state index contributed by atoms with van der Waals surface area (Å²) in [6.07, 6.45) is 3.17. The second-order valence-electron chi connectivity index (χ2n) is 9.24. The van der Waals surface area contributed by atoms with Crippen LogP contribution in [0.15, 0.2) is 0 Å². The van der Waals surface area contributed by atoms with Crippen LogP contribution in [0.4, 0.5) is 0 Å². The van der Waals surface area contributed by atoms with E-state index in [1.165, 1.54) is 0 Å². The summed E-state index contributed by atoms with van der Waals surface area (Å²) >= 11 is 0. The highest BCUT2D eigenvalue weighted by atomic mass is 16.7. The molecule has 1 heterocycles. The molecule has 1 fully saturated rings. The Balaban J connectivity index is 1.60. The molecule has 1 atom stereocenters. The first-order chi connectivity index (χ1) is 21.8. The fraction of sp³-hybridized carbons (Fsp3) is 0.966. The van der Waals surface area contributed by atoms with Gasteiger partial charge in [0.1, 0.15) is 6.61 Å². The molecule has 1 rings (SSSR count). The number of aliphatic carboxylic acids is 1. The highest BCUT2D eigenvalue weighted by molar-refractivity contribution is 5.67. The van der Waals surface area contributed by atoms with E-state index < -0.39 is 5.97 Å². The van der Waals surface area contributed by atoms with Crippen LogP contribution in [0.2, 0.25) is 0 Å². The van der Waals surface area contributed by atoms with Gasteiger partial charge in [0.05, 0.1) is 145 Å². The molecule has 262 valence electrons. The van der Waals surface area contributed by atoms with Crippen molar-refractivity contribution in [3.8, 4) is 0 Å². The quantitative estimate of drug-likeness (QED) is 0.0955. The molecule has 15 heteroatoms. The van der Waals surface area contributed by atoms with Crippen molar-refractivity contribution < 1.29 is 71.5 Å². The van der Waals surface area contributed by atoms with Gasteiger partial charge in [-0.3, -0.25) is 0 Å². The molecule has 0 saturated carbocycles. The zero-order valence-electron chi connectivity index (χ0n) is 26.3. The summed E-state index contributed by atoms with van der Waals surface area (Å²) in [4.78, 5) is 10.3. The van der Waals surface area contributed by atoms with E-state index in [1.54, 1.807) is 0 Å². The molecule has 1 aliphatic rings. The fourth-order valence-corrected chi connectivity index (χ4v) is 3.44. The van der Waals surface area contributed by atoms with Crippen LogP contribution in [0.1, 0.15) is 19.3 Å².